The van der Waals surface area contributed by atoms with Crippen molar-refractivity contribution in [2.24, 2.45) is 0 Å². The van der Waals surface area contributed by atoms with Gasteiger partial charge in [0.25, 0.3) is 0 Å². The molecular weight excluding hydrogens is 312 g/mol. The molecule has 5 heteroatoms. The van der Waals surface area contributed by atoms with Crippen molar-refractivity contribution in [3.63, 3.8) is 0 Å². The second kappa shape index (κ2) is 6.68. The van der Waals surface area contributed by atoms with Crippen LogP contribution in [0.1, 0.15) is 24.6 Å². The van der Waals surface area contributed by atoms with E-state index in [0.29, 0.717) is 0 Å². The van der Waals surface area contributed by atoms with E-state index < -0.39 is 0 Å². The van der Waals surface area contributed by atoms with Crippen molar-refractivity contribution in [2.45, 2.75) is 32.2 Å². The Morgan fingerprint density at radius 2 is 2.39 bits per heavy atom. The third kappa shape index (κ3) is 3.56. The zero-order valence-electron chi connectivity index (χ0n) is 10.6. The van der Waals surface area contributed by atoms with Crippen LogP contribution < -0.4 is 5.32 Å². The highest BCUT2D eigenvalue weighted by Gasteiger charge is 2.30. The number of carbonyl (C=O) groups is 1. The number of hydrogen-bond donors (Lipinski definition) is 1. The molecule has 0 aromatic carbocycles. The van der Waals surface area contributed by atoms with Crippen LogP contribution in [0, 0.1) is 0 Å². The predicted octanol–water partition coefficient (Wildman–Crippen LogP) is 2.65. The number of rotatable bonds is 6. The number of carbonyl (C=O) groups excluding carboxylic acids is 1. The number of thiophene rings is 1. The van der Waals surface area contributed by atoms with E-state index in [2.05, 4.69) is 40.3 Å². The first-order valence-electron chi connectivity index (χ1n) is 6.47. The zero-order chi connectivity index (χ0) is 13.0. The minimum absolute atomic E-state index is 0.0556. The predicted molar refractivity (Wildman–Crippen MR) is 79.0 cm³/mol. The SMILES string of the molecule is CCCNC1CCN(CCc2ccc(Br)s2)C1=O. The van der Waals surface area contributed by atoms with Gasteiger partial charge in [-0.2, -0.15) is 0 Å². The van der Waals surface area contributed by atoms with Crippen LogP contribution >= 0.6 is 27.3 Å². The van der Waals surface area contributed by atoms with Crippen LogP contribution in [0.5, 0.6) is 0 Å². The molecule has 1 unspecified atom stereocenters. The summed E-state index contributed by atoms with van der Waals surface area (Å²) in [6.07, 6.45) is 2.99. The lowest BCUT2D eigenvalue weighted by atomic mass is 10.2. The molecule has 1 atom stereocenters. The first-order valence-corrected chi connectivity index (χ1v) is 8.08. The summed E-state index contributed by atoms with van der Waals surface area (Å²) in [5.41, 5.74) is 0. The number of nitrogens with zero attached hydrogens (tertiary/aromatic N) is 1. The number of halogens is 1. The standard InChI is InChI=1S/C13H19BrN2OS/c1-2-7-15-11-6-9-16(13(11)17)8-5-10-3-4-12(14)18-10/h3-4,11,15H,2,5-9H2,1H3. The van der Waals surface area contributed by atoms with Gasteiger partial charge in [-0.1, -0.05) is 6.92 Å². The Morgan fingerprint density at radius 3 is 3.06 bits per heavy atom. The van der Waals surface area contributed by atoms with Crippen LogP contribution in [0.2, 0.25) is 0 Å². The Balaban J connectivity index is 1.79. The topological polar surface area (TPSA) is 32.3 Å². The third-order valence-corrected chi connectivity index (χ3v) is 4.88. The quantitative estimate of drug-likeness (QED) is 0.869. The second-order valence-electron chi connectivity index (χ2n) is 4.58. The highest BCUT2D eigenvalue weighted by molar-refractivity contribution is 9.11. The molecule has 0 bridgehead atoms. The lowest BCUT2D eigenvalue weighted by molar-refractivity contribution is -0.129. The largest absolute Gasteiger partial charge is 0.341 e. The van der Waals surface area contributed by atoms with Crippen molar-refractivity contribution >= 4 is 33.2 Å². The van der Waals surface area contributed by atoms with Gasteiger partial charge in [0.05, 0.1) is 9.83 Å². The molecule has 1 saturated heterocycles. The molecule has 1 N–H and O–H groups in total. The summed E-state index contributed by atoms with van der Waals surface area (Å²) in [5, 5.41) is 3.32. The maximum Gasteiger partial charge on any atom is 0.239 e. The fourth-order valence-electron chi connectivity index (χ4n) is 2.20. The lowest BCUT2D eigenvalue weighted by Crippen LogP contribution is -2.39. The molecule has 18 heavy (non-hydrogen) atoms. The van der Waals surface area contributed by atoms with E-state index in [1.165, 1.54) is 4.88 Å². The zero-order valence-corrected chi connectivity index (χ0v) is 13.0. The fraction of sp³-hybridized carbons (Fsp3) is 0.615. The molecule has 1 aliphatic heterocycles. The molecule has 0 saturated carbocycles. The molecule has 1 amide bonds. The summed E-state index contributed by atoms with van der Waals surface area (Å²) in [4.78, 5) is 15.4. The number of hydrogen-bond acceptors (Lipinski definition) is 3. The van der Waals surface area contributed by atoms with Gasteiger partial charge in [-0.05, 0) is 53.9 Å². The van der Waals surface area contributed by atoms with E-state index in [1.54, 1.807) is 11.3 Å². The van der Waals surface area contributed by atoms with E-state index in [9.17, 15) is 4.79 Å². The second-order valence-corrected chi connectivity index (χ2v) is 7.12. The molecule has 1 aromatic heterocycles. The molecule has 3 nitrogen and oxygen atoms in total. The Bertz CT molecular complexity index is 407. The van der Waals surface area contributed by atoms with E-state index in [-0.39, 0.29) is 11.9 Å². The summed E-state index contributed by atoms with van der Waals surface area (Å²) in [6, 6.07) is 4.25. The first kappa shape index (κ1) is 14.0. The normalized spacial score (nSPS) is 19.8. The molecule has 1 fully saturated rings. The summed E-state index contributed by atoms with van der Waals surface area (Å²) in [7, 11) is 0. The van der Waals surface area contributed by atoms with E-state index in [1.807, 2.05) is 4.90 Å². The molecule has 0 radical (unpaired) electrons. The van der Waals surface area contributed by atoms with Crippen molar-refractivity contribution in [1.82, 2.24) is 10.2 Å². The van der Waals surface area contributed by atoms with Crippen LogP contribution in [0.4, 0.5) is 0 Å². The lowest BCUT2D eigenvalue weighted by Gasteiger charge is -2.16. The highest BCUT2D eigenvalue weighted by Crippen LogP contribution is 2.23. The van der Waals surface area contributed by atoms with Crippen molar-refractivity contribution in [3.05, 3.63) is 20.8 Å². The molecule has 0 spiro atoms. The van der Waals surface area contributed by atoms with Crippen molar-refractivity contribution in [3.8, 4) is 0 Å². The van der Waals surface area contributed by atoms with Gasteiger partial charge in [-0.3, -0.25) is 4.79 Å². The number of likely N-dealkylation sites (tertiary alicyclic amines) is 1. The van der Waals surface area contributed by atoms with Crippen LogP contribution in [0.25, 0.3) is 0 Å². The third-order valence-electron chi connectivity index (χ3n) is 3.20. The van der Waals surface area contributed by atoms with Crippen LogP contribution in [-0.4, -0.2) is 36.5 Å². The van der Waals surface area contributed by atoms with Gasteiger partial charge in [0.1, 0.15) is 0 Å². The Morgan fingerprint density at radius 1 is 1.56 bits per heavy atom. The molecule has 2 rings (SSSR count). The molecule has 1 aliphatic rings. The summed E-state index contributed by atoms with van der Waals surface area (Å²) < 4.78 is 1.16. The molecule has 100 valence electrons. The minimum atomic E-state index is 0.0556. The Hall–Kier alpha value is -0.390. The maximum absolute atomic E-state index is 12.1. The molecule has 1 aromatic rings. The van der Waals surface area contributed by atoms with Crippen molar-refractivity contribution < 1.29 is 4.79 Å². The van der Waals surface area contributed by atoms with Crippen LogP contribution in [0.3, 0.4) is 0 Å². The average molecular weight is 331 g/mol. The fourth-order valence-corrected chi connectivity index (χ4v) is 3.67. The van der Waals surface area contributed by atoms with Crippen molar-refractivity contribution in [1.29, 1.82) is 0 Å². The van der Waals surface area contributed by atoms with Crippen molar-refractivity contribution in [2.75, 3.05) is 19.6 Å². The summed E-state index contributed by atoms with van der Waals surface area (Å²) >= 11 is 5.21. The first-order chi connectivity index (χ1) is 8.70. The van der Waals surface area contributed by atoms with Gasteiger partial charge >= 0.3 is 0 Å². The summed E-state index contributed by atoms with van der Waals surface area (Å²) in [6.45, 7) is 4.80. The number of amides is 1. The molecular formula is C13H19BrN2OS. The number of nitrogens with one attached hydrogen (secondary N) is 1. The maximum atomic E-state index is 12.1. The van der Waals surface area contributed by atoms with E-state index >= 15 is 0 Å². The summed E-state index contributed by atoms with van der Waals surface area (Å²) in [5.74, 6) is 0.277. The highest BCUT2D eigenvalue weighted by atomic mass is 79.9. The Kier molecular flexibility index (Phi) is 5.21. The molecule has 0 aliphatic carbocycles. The smallest absolute Gasteiger partial charge is 0.239 e. The van der Waals surface area contributed by atoms with Gasteiger partial charge in [0.2, 0.25) is 5.91 Å². The van der Waals surface area contributed by atoms with Crippen LogP contribution in [0.15, 0.2) is 15.9 Å². The van der Waals surface area contributed by atoms with Gasteiger partial charge in [-0.15, -0.1) is 11.3 Å². The van der Waals surface area contributed by atoms with Gasteiger partial charge < -0.3 is 10.2 Å². The minimum Gasteiger partial charge on any atom is -0.341 e. The Labute approximate surface area is 121 Å². The monoisotopic (exact) mass is 330 g/mol. The molecule has 2 heterocycles. The van der Waals surface area contributed by atoms with Gasteiger partial charge in [0, 0.05) is 18.0 Å². The van der Waals surface area contributed by atoms with Crippen LogP contribution in [-0.2, 0) is 11.2 Å². The van der Waals surface area contributed by atoms with Gasteiger partial charge in [-0.25, -0.2) is 0 Å². The van der Waals surface area contributed by atoms with E-state index in [0.717, 1.165) is 42.7 Å². The van der Waals surface area contributed by atoms with Gasteiger partial charge in [0.15, 0.2) is 0 Å². The average Bonchev–Trinajstić information content (AvgIpc) is 2.92. The van der Waals surface area contributed by atoms with E-state index in [4.69, 9.17) is 0 Å².